The van der Waals surface area contributed by atoms with Crippen LogP contribution in [0, 0.1) is 6.92 Å². The van der Waals surface area contributed by atoms with E-state index in [0.29, 0.717) is 21.4 Å². The second-order valence-electron chi connectivity index (χ2n) is 3.93. The molecule has 2 rings (SSSR count). The Labute approximate surface area is 120 Å². The molecule has 0 aromatic heterocycles. The molecule has 0 aliphatic rings. The van der Waals surface area contributed by atoms with Gasteiger partial charge in [0.15, 0.2) is 0 Å². The van der Waals surface area contributed by atoms with Crippen LogP contribution in [-0.4, -0.2) is 11.1 Å². The number of aryl methyl sites for hydroxylation is 1. The van der Waals surface area contributed by atoms with Crippen molar-refractivity contribution in [1.29, 1.82) is 0 Å². The molecule has 98 valence electrons. The number of para-hydroxylation sites is 1. The van der Waals surface area contributed by atoms with Gasteiger partial charge in [-0.05, 0) is 36.8 Å². The zero-order valence-electron chi connectivity index (χ0n) is 9.98. The third-order valence-corrected chi connectivity index (χ3v) is 3.08. The lowest BCUT2D eigenvalue weighted by atomic mass is 10.1. The van der Waals surface area contributed by atoms with Gasteiger partial charge in [-0.25, -0.2) is 4.79 Å². The maximum Gasteiger partial charge on any atom is 0.339 e. The fourth-order valence-electron chi connectivity index (χ4n) is 1.62. The maximum atomic E-state index is 11.2. The Balaban J connectivity index is 2.46. The summed E-state index contributed by atoms with van der Waals surface area (Å²) in [6.07, 6.45) is 0. The largest absolute Gasteiger partial charge is 0.478 e. The van der Waals surface area contributed by atoms with Gasteiger partial charge in [-0.1, -0.05) is 35.3 Å². The summed E-state index contributed by atoms with van der Waals surface area (Å²) in [6.45, 7) is 1.77. The summed E-state index contributed by atoms with van der Waals surface area (Å²) < 4.78 is 5.62. The zero-order valence-corrected chi connectivity index (χ0v) is 11.5. The topological polar surface area (TPSA) is 46.5 Å². The first-order chi connectivity index (χ1) is 8.99. The van der Waals surface area contributed by atoms with Crippen LogP contribution in [0.25, 0.3) is 0 Å². The Bertz CT molecular complexity index is 639. The van der Waals surface area contributed by atoms with E-state index in [9.17, 15) is 4.79 Å². The fraction of sp³-hybridized carbons (Fsp3) is 0.0714. The number of carboxylic acids is 1. The molecule has 5 heteroatoms. The van der Waals surface area contributed by atoms with E-state index in [2.05, 4.69) is 0 Å². The predicted octanol–water partition coefficient (Wildman–Crippen LogP) is 4.79. The van der Waals surface area contributed by atoms with Gasteiger partial charge in [0, 0.05) is 5.02 Å². The molecule has 2 aromatic rings. The molecule has 3 nitrogen and oxygen atoms in total. The van der Waals surface area contributed by atoms with Crippen LogP contribution in [-0.2, 0) is 0 Å². The minimum Gasteiger partial charge on any atom is -0.478 e. The first-order valence-corrected chi connectivity index (χ1v) is 6.20. The van der Waals surface area contributed by atoms with Crippen molar-refractivity contribution in [1.82, 2.24) is 0 Å². The van der Waals surface area contributed by atoms with Crippen LogP contribution in [0.2, 0.25) is 10.0 Å². The molecule has 0 amide bonds. The highest BCUT2D eigenvalue weighted by molar-refractivity contribution is 6.35. The van der Waals surface area contributed by atoms with Gasteiger partial charge in [0.2, 0.25) is 0 Å². The SMILES string of the molecule is Cc1cccc(C(=O)O)c1Oc1ccc(Cl)cc1Cl. The van der Waals surface area contributed by atoms with Crippen molar-refractivity contribution < 1.29 is 14.6 Å². The molecule has 2 aromatic carbocycles. The summed E-state index contributed by atoms with van der Waals surface area (Å²) in [5.74, 6) is -0.411. The van der Waals surface area contributed by atoms with Crippen molar-refractivity contribution in [2.75, 3.05) is 0 Å². The molecule has 0 bridgehead atoms. The van der Waals surface area contributed by atoms with Gasteiger partial charge in [0.05, 0.1) is 5.02 Å². The lowest BCUT2D eigenvalue weighted by molar-refractivity contribution is 0.0694. The van der Waals surface area contributed by atoms with Crippen molar-refractivity contribution in [3.63, 3.8) is 0 Å². The highest BCUT2D eigenvalue weighted by atomic mass is 35.5. The van der Waals surface area contributed by atoms with Crippen LogP contribution in [0.1, 0.15) is 15.9 Å². The molecular weight excluding hydrogens is 287 g/mol. The second kappa shape index (κ2) is 5.51. The number of carboxylic acid groups (broad SMARTS) is 1. The lowest BCUT2D eigenvalue weighted by Gasteiger charge is -2.12. The van der Waals surface area contributed by atoms with Crippen LogP contribution >= 0.6 is 23.2 Å². The Kier molecular flexibility index (Phi) is 3.98. The number of rotatable bonds is 3. The van der Waals surface area contributed by atoms with Crippen molar-refractivity contribution in [2.45, 2.75) is 6.92 Å². The second-order valence-corrected chi connectivity index (χ2v) is 4.78. The van der Waals surface area contributed by atoms with Crippen LogP contribution in [0.4, 0.5) is 0 Å². The van der Waals surface area contributed by atoms with Crippen LogP contribution in [0.15, 0.2) is 36.4 Å². The molecule has 0 saturated heterocycles. The Morgan fingerprint density at radius 2 is 1.95 bits per heavy atom. The summed E-state index contributed by atoms with van der Waals surface area (Å²) in [7, 11) is 0. The average Bonchev–Trinajstić information content (AvgIpc) is 2.34. The number of carbonyl (C=O) groups is 1. The smallest absolute Gasteiger partial charge is 0.339 e. The number of hydrogen-bond acceptors (Lipinski definition) is 2. The normalized spacial score (nSPS) is 10.3. The number of ether oxygens (including phenoxy) is 1. The van der Waals surface area contributed by atoms with Gasteiger partial charge < -0.3 is 9.84 Å². The summed E-state index contributed by atoms with van der Waals surface area (Å²) in [5.41, 5.74) is 0.803. The highest BCUT2D eigenvalue weighted by Gasteiger charge is 2.15. The molecule has 0 unspecified atom stereocenters. The summed E-state index contributed by atoms with van der Waals surface area (Å²) in [5, 5.41) is 9.96. The van der Waals surface area contributed by atoms with Crippen molar-refractivity contribution >= 4 is 29.2 Å². The van der Waals surface area contributed by atoms with Crippen molar-refractivity contribution in [2.24, 2.45) is 0 Å². The molecule has 0 atom stereocenters. The summed E-state index contributed by atoms with van der Waals surface area (Å²) in [6, 6.07) is 9.68. The third kappa shape index (κ3) is 3.00. The molecule has 0 saturated carbocycles. The van der Waals surface area contributed by atoms with Gasteiger partial charge in [-0.3, -0.25) is 0 Å². The Morgan fingerprint density at radius 3 is 2.58 bits per heavy atom. The van der Waals surface area contributed by atoms with Crippen LogP contribution in [0.5, 0.6) is 11.5 Å². The Hall–Kier alpha value is -1.71. The van der Waals surface area contributed by atoms with E-state index in [-0.39, 0.29) is 11.3 Å². The third-order valence-electron chi connectivity index (χ3n) is 2.55. The van der Waals surface area contributed by atoms with Gasteiger partial charge in [-0.15, -0.1) is 0 Å². The van der Waals surface area contributed by atoms with E-state index in [1.165, 1.54) is 12.1 Å². The number of benzene rings is 2. The van der Waals surface area contributed by atoms with Gasteiger partial charge in [0.1, 0.15) is 17.1 Å². The minimum absolute atomic E-state index is 0.0889. The minimum atomic E-state index is -1.05. The van der Waals surface area contributed by atoms with Crippen LogP contribution < -0.4 is 4.74 Å². The molecule has 0 radical (unpaired) electrons. The van der Waals surface area contributed by atoms with E-state index in [4.69, 9.17) is 33.0 Å². The monoisotopic (exact) mass is 296 g/mol. The number of halogens is 2. The molecule has 0 heterocycles. The molecule has 0 fully saturated rings. The van der Waals surface area contributed by atoms with Gasteiger partial charge in [-0.2, -0.15) is 0 Å². The zero-order chi connectivity index (χ0) is 14.0. The first-order valence-electron chi connectivity index (χ1n) is 5.45. The molecule has 0 aliphatic carbocycles. The van der Waals surface area contributed by atoms with E-state index in [1.807, 2.05) is 0 Å². The lowest BCUT2D eigenvalue weighted by Crippen LogP contribution is -2.01. The highest BCUT2D eigenvalue weighted by Crippen LogP contribution is 2.34. The predicted molar refractivity (Wildman–Crippen MR) is 74.7 cm³/mol. The fourth-order valence-corrected chi connectivity index (χ4v) is 2.07. The Morgan fingerprint density at radius 1 is 1.21 bits per heavy atom. The maximum absolute atomic E-state index is 11.2. The molecule has 19 heavy (non-hydrogen) atoms. The van der Waals surface area contributed by atoms with Crippen molar-refractivity contribution in [3.05, 3.63) is 57.6 Å². The van der Waals surface area contributed by atoms with E-state index < -0.39 is 5.97 Å². The van der Waals surface area contributed by atoms with Gasteiger partial charge in [0.25, 0.3) is 0 Å². The standard InChI is InChI=1S/C14H10Cl2O3/c1-8-3-2-4-10(14(17)18)13(8)19-12-6-5-9(15)7-11(12)16/h2-7H,1H3,(H,17,18). The van der Waals surface area contributed by atoms with E-state index in [0.717, 1.165) is 0 Å². The number of aromatic carboxylic acids is 1. The first kappa shape index (κ1) is 13.7. The number of hydrogen-bond donors (Lipinski definition) is 1. The van der Waals surface area contributed by atoms with Gasteiger partial charge >= 0.3 is 5.97 Å². The quantitative estimate of drug-likeness (QED) is 0.885. The van der Waals surface area contributed by atoms with E-state index in [1.54, 1.807) is 31.2 Å². The molecule has 1 N–H and O–H groups in total. The van der Waals surface area contributed by atoms with Crippen molar-refractivity contribution in [3.8, 4) is 11.5 Å². The van der Waals surface area contributed by atoms with E-state index >= 15 is 0 Å². The molecule has 0 spiro atoms. The molecular formula is C14H10Cl2O3. The summed E-state index contributed by atoms with van der Waals surface area (Å²) >= 11 is 11.8. The average molecular weight is 297 g/mol. The van der Waals surface area contributed by atoms with Crippen LogP contribution in [0.3, 0.4) is 0 Å². The molecule has 0 aliphatic heterocycles. The summed E-state index contributed by atoms with van der Waals surface area (Å²) in [4.78, 5) is 11.2.